The van der Waals surface area contributed by atoms with Crippen molar-refractivity contribution in [3.8, 4) is 11.4 Å². The molecule has 0 amide bonds. The van der Waals surface area contributed by atoms with E-state index in [1.165, 1.54) is 4.31 Å². The number of nitrogens with zero attached hydrogens (tertiary/aromatic N) is 3. The lowest BCUT2D eigenvalue weighted by atomic mass is 9.95. The van der Waals surface area contributed by atoms with E-state index in [1.54, 1.807) is 54.6 Å². The van der Waals surface area contributed by atoms with Crippen molar-refractivity contribution in [1.29, 1.82) is 0 Å². The molecule has 1 fully saturated rings. The van der Waals surface area contributed by atoms with Crippen LogP contribution in [0.25, 0.3) is 11.4 Å². The molecule has 1 aliphatic carbocycles. The van der Waals surface area contributed by atoms with Crippen molar-refractivity contribution in [3.05, 3.63) is 65.5 Å². The van der Waals surface area contributed by atoms with Gasteiger partial charge in [0.25, 0.3) is 0 Å². The quantitative estimate of drug-likeness (QED) is 0.554. The summed E-state index contributed by atoms with van der Waals surface area (Å²) < 4.78 is 33.7. The number of benzene rings is 2. The molecule has 4 rings (SSSR count). The minimum absolute atomic E-state index is 0.0580. The van der Waals surface area contributed by atoms with Gasteiger partial charge in [0.1, 0.15) is 0 Å². The highest BCUT2D eigenvalue weighted by atomic mass is 35.5. The summed E-state index contributed by atoms with van der Waals surface area (Å²) in [6, 6.07) is 15.6. The fraction of sp³-hybridized carbons (Fsp3) is 0.333. The number of rotatable bonds is 6. The average Bonchev–Trinajstić information content (AvgIpc) is 3.22. The number of aromatic nitrogens is 2. The first-order chi connectivity index (χ1) is 14.0. The summed E-state index contributed by atoms with van der Waals surface area (Å²) in [6.45, 7) is 0.0580. The van der Waals surface area contributed by atoms with Crippen LogP contribution in [0.5, 0.6) is 0 Å². The molecule has 8 heteroatoms. The molecule has 29 heavy (non-hydrogen) atoms. The molecule has 0 saturated heterocycles. The molecule has 1 aromatic heterocycles. The second-order valence-corrected chi connectivity index (χ2v) is 9.50. The molecule has 1 heterocycles. The average molecular weight is 432 g/mol. The molecular formula is C21H22ClN3O3S. The largest absolute Gasteiger partial charge is 0.338 e. The molecule has 0 radical (unpaired) electrons. The summed E-state index contributed by atoms with van der Waals surface area (Å²) in [5, 5.41) is 4.64. The third-order valence-corrected chi connectivity index (χ3v) is 7.36. The maximum Gasteiger partial charge on any atom is 0.243 e. The predicted octanol–water partition coefficient (Wildman–Crippen LogP) is 4.91. The van der Waals surface area contributed by atoms with Gasteiger partial charge < -0.3 is 4.52 Å². The van der Waals surface area contributed by atoms with Crippen LogP contribution < -0.4 is 0 Å². The van der Waals surface area contributed by atoms with Crippen LogP contribution in [0.2, 0.25) is 5.02 Å². The highest BCUT2D eigenvalue weighted by Gasteiger charge is 2.33. The lowest BCUT2D eigenvalue weighted by Crippen LogP contribution is -2.41. The van der Waals surface area contributed by atoms with Gasteiger partial charge in [-0.2, -0.15) is 9.29 Å². The van der Waals surface area contributed by atoms with Crippen molar-refractivity contribution in [3.63, 3.8) is 0 Å². The Labute approximate surface area is 175 Å². The Kier molecular flexibility index (Phi) is 5.99. The van der Waals surface area contributed by atoms with Crippen molar-refractivity contribution in [2.45, 2.75) is 49.6 Å². The van der Waals surface area contributed by atoms with Crippen LogP contribution in [-0.4, -0.2) is 28.9 Å². The van der Waals surface area contributed by atoms with E-state index in [-0.39, 0.29) is 23.4 Å². The minimum Gasteiger partial charge on any atom is -0.338 e. The van der Waals surface area contributed by atoms with Crippen molar-refractivity contribution in [2.75, 3.05) is 0 Å². The Morgan fingerprint density at radius 2 is 1.69 bits per heavy atom. The van der Waals surface area contributed by atoms with Crippen LogP contribution >= 0.6 is 11.6 Å². The fourth-order valence-electron chi connectivity index (χ4n) is 3.68. The molecule has 0 aliphatic heterocycles. The number of sulfonamides is 1. The molecule has 1 saturated carbocycles. The zero-order chi connectivity index (χ0) is 20.3. The molecule has 0 atom stereocenters. The third kappa shape index (κ3) is 4.52. The van der Waals surface area contributed by atoms with E-state index in [9.17, 15) is 8.42 Å². The van der Waals surface area contributed by atoms with E-state index in [4.69, 9.17) is 16.1 Å². The molecular weight excluding hydrogens is 410 g/mol. The smallest absolute Gasteiger partial charge is 0.243 e. The molecule has 152 valence electrons. The van der Waals surface area contributed by atoms with Gasteiger partial charge in [0.05, 0.1) is 11.4 Å². The number of hydrogen-bond acceptors (Lipinski definition) is 5. The first-order valence-corrected chi connectivity index (χ1v) is 11.5. The van der Waals surface area contributed by atoms with Gasteiger partial charge in [-0.25, -0.2) is 8.42 Å². The maximum atomic E-state index is 13.4. The highest BCUT2D eigenvalue weighted by molar-refractivity contribution is 7.89. The molecule has 0 unspecified atom stereocenters. The Morgan fingerprint density at radius 3 is 2.38 bits per heavy atom. The topological polar surface area (TPSA) is 76.3 Å². The number of hydrogen-bond donors (Lipinski definition) is 0. The molecule has 6 nitrogen and oxygen atoms in total. The lowest BCUT2D eigenvalue weighted by Gasteiger charge is -2.32. The zero-order valence-corrected chi connectivity index (χ0v) is 17.4. The Hall–Kier alpha value is -2.22. The van der Waals surface area contributed by atoms with Crippen LogP contribution in [-0.2, 0) is 16.6 Å². The summed E-state index contributed by atoms with van der Waals surface area (Å²) in [6.07, 6.45) is 4.85. The van der Waals surface area contributed by atoms with E-state index in [2.05, 4.69) is 10.1 Å². The highest BCUT2D eigenvalue weighted by Crippen LogP contribution is 2.29. The Bertz CT molecular complexity index is 1050. The zero-order valence-electron chi connectivity index (χ0n) is 15.9. The van der Waals surface area contributed by atoms with Crippen molar-refractivity contribution in [2.24, 2.45) is 0 Å². The van der Waals surface area contributed by atoms with Crippen LogP contribution in [0.1, 0.15) is 38.0 Å². The first kappa shape index (κ1) is 20.1. The lowest BCUT2D eigenvalue weighted by molar-refractivity contribution is 0.223. The number of halogens is 1. The van der Waals surface area contributed by atoms with E-state index in [1.807, 2.05) is 0 Å². The molecule has 3 aromatic rings. The molecule has 0 spiro atoms. The normalized spacial score (nSPS) is 15.7. The summed E-state index contributed by atoms with van der Waals surface area (Å²) in [4.78, 5) is 4.71. The molecule has 1 aliphatic rings. The van der Waals surface area contributed by atoms with Gasteiger partial charge in [-0.3, -0.25) is 0 Å². The van der Waals surface area contributed by atoms with Crippen molar-refractivity contribution >= 4 is 21.6 Å². The Balaban J connectivity index is 1.63. The third-order valence-electron chi connectivity index (χ3n) is 5.19. The van der Waals surface area contributed by atoms with E-state index in [0.29, 0.717) is 10.8 Å². The molecule has 0 N–H and O–H groups in total. The van der Waals surface area contributed by atoms with Crippen LogP contribution in [0.4, 0.5) is 0 Å². The van der Waals surface area contributed by atoms with Gasteiger partial charge in [0.2, 0.25) is 21.7 Å². The summed E-state index contributed by atoms with van der Waals surface area (Å²) in [5.74, 6) is 0.692. The van der Waals surface area contributed by atoms with E-state index in [0.717, 1.165) is 37.7 Å². The van der Waals surface area contributed by atoms with Gasteiger partial charge >= 0.3 is 0 Å². The van der Waals surface area contributed by atoms with Crippen LogP contribution in [0.3, 0.4) is 0 Å². The maximum absolute atomic E-state index is 13.4. The van der Waals surface area contributed by atoms with Gasteiger partial charge in [0, 0.05) is 16.6 Å². The van der Waals surface area contributed by atoms with Gasteiger partial charge in [-0.1, -0.05) is 54.2 Å². The van der Waals surface area contributed by atoms with E-state index < -0.39 is 10.0 Å². The van der Waals surface area contributed by atoms with Crippen molar-refractivity contribution in [1.82, 2.24) is 14.4 Å². The summed E-state index contributed by atoms with van der Waals surface area (Å²) >= 11 is 5.93. The SMILES string of the molecule is O=S(=O)(c1ccccc1)N(Cc1nc(-c2ccc(Cl)cc2)no1)C1CCCCC1. The van der Waals surface area contributed by atoms with Gasteiger partial charge in [0.15, 0.2) is 0 Å². The monoisotopic (exact) mass is 431 g/mol. The standard InChI is InChI=1S/C21H22ClN3O3S/c22-17-13-11-16(12-14-17)21-23-20(28-24-21)15-25(18-7-3-1-4-8-18)29(26,27)19-9-5-2-6-10-19/h2,5-6,9-14,18H,1,3-4,7-8,15H2. The van der Waals surface area contributed by atoms with Gasteiger partial charge in [-0.15, -0.1) is 0 Å². The van der Waals surface area contributed by atoms with E-state index >= 15 is 0 Å². The van der Waals surface area contributed by atoms with Crippen LogP contribution in [0, 0.1) is 0 Å². The van der Waals surface area contributed by atoms with Crippen LogP contribution in [0.15, 0.2) is 64.0 Å². The second-order valence-electron chi connectivity index (χ2n) is 7.17. The molecule has 0 bridgehead atoms. The van der Waals surface area contributed by atoms with Gasteiger partial charge in [-0.05, 0) is 49.2 Å². The summed E-state index contributed by atoms with van der Waals surface area (Å²) in [5.41, 5.74) is 0.763. The minimum atomic E-state index is -3.67. The first-order valence-electron chi connectivity index (χ1n) is 9.69. The second kappa shape index (κ2) is 8.65. The fourth-order valence-corrected chi connectivity index (χ4v) is 5.46. The predicted molar refractivity (Wildman–Crippen MR) is 111 cm³/mol. The summed E-state index contributed by atoms with van der Waals surface area (Å²) in [7, 11) is -3.67. The molecule has 2 aromatic carbocycles. The Morgan fingerprint density at radius 1 is 1.00 bits per heavy atom. The van der Waals surface area contributed by atoms with Crippen molar-refractivity contribution < 1.29 is 12.9 Å².